The van der Waals surface area contributed by atoms with Crippen LogP contribution in [0.25, 0.3) is 10.2 Å². The first-order chi connectivity index (χ1) is 13.8. The van der Waals surface area contributed by atoms with Gasteiger partial charge in [-0.25, -0.2) is 9.97 Å². The molecule has 0 saturated carbocycles. The largest absolute Gasteiger partial charge is 0.383 e. The minimum absolute atomic E-state index is 0.0886. The van der Waals surface area contributed by atoms with Crippen molar-refractivity contribution in [1.82, 2.24) is 9.97 Å². The van der Waals surface area contributed by atoms with E-state index in [9.17, 15) is 4.79 Å². The smallest absolute Gasteiger partial charge is 0.237 e. The van der Waals surface area contributed by atoms with E-state index in [2.05, 4.69) is 16.0 Å². The average Bonchev–Trinajstić information content (AvgIpc) is 2.97. The van der Waals surface area contributed by atoms with E-state index in [0.29, 0.717) is 17.5 Å². The van der Waals surface area contributed by atoms with Crippen LogP contribution in [0.3, 0.4) is 0 Å². The molecule has 1 amide bonds. The van der Waals surface area contributed by atoms with Crippen molar-refractivity contribution in [2.75, 3.05) is 22.9 Å². The van der Waals surface area contributed by atoms with E-state index < -0.39 is 0 Å². The van der Waals surface area contributed by atoms with Gasteiger partial charge < -0.3 is 10.6 Å². The number of rotatable bonds is 6. The van der Waals surface area contributed by atoms with Crippen LogP contribution in [-0.4, -0.2) is 28.2 Å². The summed E-state index contributed by atoms with van der Waals surface area (Å²) >= 11 is 2.85. The normalized spacial score (nSPS) is 10.9. The Bertz CT molecular complexity index is 1120. The fourth-order valence-electron chi connectivity index (χ4n) is 2.98. The number of benzene rings is 1. The highest BCUT2D eigenvalue weighted by molar-refractivity contribution is 7.99. The van der Waals surface area contributed by atoms with Crippen LogP contribution in [0.2, 0.25) is 0 Å². The molecule has 6 nitrogen and oxygen atoms in total. The summed E-state index contributed by atoms with van der Waals surface area (Å²) in [4.78, 5) is 25.6. The van der Waals surface area contributed by atoms with E-state index in [1.807, 2.05) is 45.9 Å². The second-order valence-corrected chi connectivity index (χ2v) is 9.01. The Morgan fingerprint density at radius 2 is 2.00 bits per heavy atom. The molecule has 0 aliphatic carbocycles. The lowest BCUT2D eigenvalue weighted by atomic mass is 10.1. The second kappa shape index (κ2) is 8.80. The van der Waals surface area contributed by atoms with Crippen LogP contribution in [0, 0.1) is 39.0 Å². The first kappa shape index (κ1) is 21.1. The fraction of sp³-hybridized carbons (Fsp3) is 0.333. The van der Waals surface area contributed by atoms with Gasteiger partial charge in [-0.15, -0.1) is 11.3 Å². The summed E-state index contributed by atoms with van der Waals surface area (Å²) in [7, 11) is 0. The SMILES string of the molecule is Cc1ccc(N(CCC#N)C(=O)CSc2nc(N)c3c(C)c(C)sc3n2)cc1C. The van der Waals surface area contributed by atoms with Gasteiger partial charge in [0.2, 0.25) is 5.91 Å². The molecule has 0 bridgehead atoms. The van der Waals surface area contributed by atoms with E-state index in [4.69, 9.17) is 11.0 Å². The maximum atomic E-state index is 12.9. The third kappa shape index (κ3) is 4.52. The number of aromatic nitrogens is 2. The van der Waals surface area contributed by atoms with Gasteiger partial charge in [-0.2, -0.15) is 5.26 Å². The quantitative estimate of drug-likeness (QED) is 0.460. The molecular weight excluding hydrogens is 402 g/mol. The maximum absolute atomic E-state index is 12.9. The zero-order valence-corrected chi connectivity index (χ0v) is 18.6. The van der Waals surface area contributed by atoms with Gasteiger partial charge in [0.1, 0.15) is 10.6 Å². The zero-order chi connectivity index (χ0) is 21.1. The molecule has 150 valence electrons. The summed E-state index contributed by atoms with van der Waals surface area (Å²) < 4.78 is 0. The number of nitrogen functional groups attached to an aromatic ring is 1. The van der Waals surface area contributed by atoms with Crippen LogP contribution in [0.15, 0.2) is 23.4 Å². The summed E-state index contributed by atoms with van der Waals surface area (Å²) in [5.74, 6) is 0.531. The third-order valence-corrected chi connectivity index (χ3v) is 6.84. The van der Waals surface area contributed by atoms with Gasteiger partial charge in [0.05, 0.1) is 23.6 Å². The van der Waals surface area contributed by atoms with Gasteiger partial charge in [0.25, 0.3) is 0 Å². The Hall–Kier alpha value is -2.63. The molecular formula is C21H23N5OS2. The van der Waals surface area contributed by atoms with E-state index in [0.717, 1.165) is 37.5 Å². The molecule has 0 atom stereocenters. The summed E-state index contributed by atoms with van der Waals surface area (Å²) in [5.41, 5.74) is 10.3. The van der Waals surface area contributed by atoms with Crippen molar-refractivity contribution in [2.45, 2.75) is 39.3 Å². The fourth-order valence-corrected chi connectivity index (χ4v) is 4.80. The number of nitriles is 1. The monoisotopic (exact) mass is 425 g/mol. The Kier molecular flexibility index (Phi) is 6.40. The molecule has 3 aromatic rings. The number of anilines is 2. The molecule has 0 unspecified atom stereocenters. The van der Waals surface area contributed by atoms with Crippen LogP contribution in [-0.2, 0) is 4.79 Å². The number of carbonyl (C=O) groups is 1. The third-order valence-electron chi connectivity index (χ3n) is 4.91. The molecule has 2 N–H and O–H groups in total. The highest BCUT2D eigenvalue weighted by atomic mass is 32.2. The number of amides is 1. The lowest BCUT2D eigenvalue weighted by Gasteiger charge is -2.22. The Balaban J connectivity index is 1.80. The highest BCUT2D eigenvalue weighted by Crippen LogP contribution is 2.33. The highest BCUT2D eigenvalue weighted by Gasteiger charge is 2.18. The number of nitrogens with two attached hydrogens (primary N) is 1. The van der Waals surface area contributed by atoms with Crippen molar-refractivity contribution >= 4 is 50.7 Å². The first-order valence-corrected chi connectivity index (χ1v) is 11.0. The molecule has 2 heterocycles. The van der Waals surface area contributed by atoms with Crippen LogP contribution in [0.4, 0.5) is 11.5 Å². The van der Waals surface area contributed by atoms with Crippen molar-refractivity contribution in [2.24, 2.45) is 0 Å². The lowest BCUT2D eigenvalue weighted by Crippen LogP contribution is -2.33. The van der Waals surface area contributed by atoms with E-state index in [1.54, 1.807) is 16.2 Å². The molecule has 29 heavy (non-hydrogen) atoms. The predicted molar refractivity (Wildman–Crippen MR) is 121 cm³/mol. The molecule has 8 heteroatoms. The van der Waals surface area contributed by atoms with Crippen molar-refractivity contribution in [1.29, 1.82) is 5.26 Å². The number of carbonyl (C=O) groups excluding carboxylic acids is 1. The summed E-state index contributed by atoms with van der Waals surface area (Å²) in [6, 6.07) is 8.00. The van der Waals surface area contributed by atoms with Crippen LogP contribution in [0.1, 0.15) is 28.0 Å². The lowest BCUT2D eigenvalue weighted by molar-refractivity contribution is -0.116. The van der Waals surface area contributed by atoms with E-state index in [1.165, 1.54) is 11.8 Å². The van der Waals surface area contributed by atoms with Crippen LogP contribution in [0.5, 0.6) is 0 Å². The molecule has 3 rings (SSSR count). The van der Waals surface area contributed by atoms with Crippen LogP contribution >= 0.6 is 23.1 Å². The Labute approximate surface area is 178 Å². The van der Waals surface area contributed by atoms with E-state index in [-0.39, 0.29) is 18.1 Å². The van der Waals surface area contributed by atoms with Crippen molar-refractivity contribution in [3.63, 3.8) is 0 Å². The second-order valence-electron chi connectivity index (χ2n) is 6.87. The van der Waals surface area contributed by atoms with Gasteiger partial charge in [0, 0.05) is 17.1 Å². The maximum Gasteiger partial charge on any atom is 0.237 e. The molecule has 0 spiro atoms. The minimum Gasteiger partial charge on any atom is -0.383 e. The van der Waals surface area contributed by atoms with Gasteiger partial charge in [-0.05, 0) is 56.5 Å². The first-order valence-electron chi connectivity index (χ1n) is 9.22. The topological polar surface area (TPSA) is 95.9 Å². The molecule has 0 saturated heterocycles. The molecule has 0 radical (unpaired) electrons. The van der Waals surface area contributed by atoms with E-state index >= 15 is 0 Å². The number of fused-ring (bicyclic) bond motifs is 1. The standard InChI is InChI=1S/C21H23N5OS2/c1-12-6-7-16(10-13(12)2)26(9-5-8-22)17(27)11-28-21-24-19(23)18-14(3)15(4)29-20(18)25-21/h6-7,10H,5,9,11H2,1-4H3,(H2,23,24,25). The van der Waals surface area contributed by atoms with Gasteiger partial charge in [-0.3, -0.25) is 4.79 Å². The number of nitrogens with zero attached hydrogens (tertiary/aromatic N) is 4. The van der Waals surface area contributed by atoms with Crippen molar-refractivity contribution < 1.29 is 4.79 Å². The van der Waals surface area contributed by atoms with Crippen molar-refractivity contribution in [3.8, 4) is 6.07 Å². The predicted octanol–water partition coefficient (Wildman–Crippen LogP) is 4.55. The molecule has 1 aromatic carbocycles. The average molecular weight is 426 g/mol. The zero-order valence-electron chi connectivity index (χ0n) is 16.9. The number of thiophene rings is 1. The molecule has 2 aromatic heterocycles. The summed E-state index contributed by atoms with van der Waals surface area (Å²) in [6.07, 6.45) is 0.270. The van der Waals surface area contributed by atoms with Gasteiger partial charge in [0.15, 0.2) is 5.16 Å². The minimum atomic E-state index is -0.0886. The van der Waals surface area contributed by atoms with Crippen LogP contribution < -0.4 is 10.6 Å². The summed E-state index contributed by atoms with van der Waals surface area (Å²) in [6.45, 7) is 8.44. The van der Waals surface area contributed by atoms with Crippen molar-refractivity contribution in [3.05, 3.63) is 39.8 Å². The van der Waals surface area contributed by atoms with Gasteiger partial charge in [-0.1, -0.05) is 17.8 Å². The number of thioether (sulfide) groups is 1. The van der Waals surface area contributed by atoms with Gasteiger partial charge >= 0.3 is 0 Å². The molecule has 0 aliphatic heterocycles. The molecule has 0 aliphatic rings. The summed E-state index contributed by atoms with van der Waals surface area (Å²) in [5, 5.41) is 10.4. The Morgan fingerprint density at radius 1 is 1.24 bits per heavy atom. The number of hydrogen-bond donors (Lipinski definition) is 1. The number of hydrogen-bond acceptors (Lipinski definition) is 7. The molecule has 0 fully saturated rings. The Morgan fingerprint density at radius 3 is 2.69 bits per heavy atom. The number of aryl methyl sites for hydroxylation is 4.